The average Bonchev–Trinajstić information content (AvgIpc) is 3.28. The minimum Gasteiger partial charge on any atom is -0.496 e. The molecule has 3 N–H and O–H groups in total. The number of hydrogen-bond donors (Lipinski definition) is 3. The molecular weight excluding hydrogens is 469 g/mol. The second-order valence-electron chi connectivity index (χ2n) is 9.78. The van der Waals surface area contributed by atoms with Gasteiger partial charge in [-0.1, -0.05) is 12.1 Å². The van der Waals surface area contributed by atoms with Crippen molar-refractivity contribution in [2.24, 2.45) is 5.92 Å². The number of hydrogen-bond acceptors (Lipinski definition) is 6. The van der Waals surface area contributed by atoms with Crippen molar-refractivity contribution in [2.45, 2.75) is 63.7 Å². The first-order valence-electron chi connectivity index (χ1n) is 12.0. The zero-order valence-corrected chi connectivity index (χ0v) is 21.1. The summed E-state index contributed by atoms with van der Waals surface area (Å²) in [6.07, 6.45) is 3.10. The van der Waals surface area contributed by atoms with E-state index in [1.54, 1.807) is 19.3 Å². The Kier molecular flexibility index (Phi) is 8.70. The van der Waals surface area contributed by atoms with Gasteiger partial charge < -0.3 is 25.4 Å². The SMILES string of the molecule is COC(=O)[C@H](C[C@@H]1CCCNC1=O)NC(=O)[C@H](CC(C)(C)F)NC(=O)C1=Cc2c(cccc2OC)C1. The predicted octanol–water partition coefficient (Wildman–Crippen LogP) is 1.83. The lowest BCUT2D eigenvalue weighted by atomic mass is 9.91. The highest BCUT2D eigenvalue weighted by molar-refractivity contribution is 6.03. The number of rotatable bonds is 10. The van der Waals surface area contributed by atoms with Gasteiger partial charge in [0.2, 0.25) is 17.7 Å². The largest absolute Gasteiger partial charge is 0.496 e. The summed E-state index contributed by atoms with van der Waals surface area (Å²) in [5.41, 5.74) is 0.318. The van der Waals surface area contributed by atoms with Crippen molar-refractivity contribution in [3.05, 3.63) is 34.9 Å². The molecule has 1 saturated heterocycles. The summed E-state index contributed by atoms with van der Waals surface area (Å²) < 4.78 is 24.8. The summed E-state index contributed by atoms with van der Waals surface area (Å²) in [6, 6.07) is 3.13. The van der Waals surface area contributed by atoms with Crippen LogP contribution in [0.5, 0.6) is 5.75 Å². The molecule has 0 spiro atoms. The maximum absolute atomic E-state index is 14.6. The molecule has 0 bridgehead atoms. The Morgan fingerprint density at radius 3 is 2.58 bits per heavy atom. The molecule has 2 aliphatic rings. The van der Waals surface area contributed by atoms with Crippen LogP contribution >= 0.6 is 0 Å². The van der Waals surface area contributed by atoms with Gasteiger partial charge in [-0.05, 0) is 50.8 Å². The maximum atomic E-state index is 14.6. The van der Waals surface area contributed by atoms with Gasteiger partial charge in [-0.3, -0.25) is 14.4 Å². The zero-order chi connectivity index (χ0) is 26.5. The number of carbonyl (C=O) groups is 4. The van der Waals surface area contributed by atoms with E-state index in [1.807, 2.05) is 12.1 Å². The first kappa shape index (κ1) is 27.2. The molecule has 3 amide bonds. The van der Waals surface area contributed by atoms with Gasteiger partial charge >= 0.3 is 5.97 Å². The van der Waals surface area contributed by atoms with Gasteiger partial charge in [-0.15, -0.1) is 0 Å². The van der Waals surface area contributed by atoms with Crippen LogP contribution in [0.3, 0.4) is 0 Å². The van der Waals surface area contributed by atoms with Crippen LogP contribution in [0.15, 0.2) is 23.8 Å². The Morgan fingerprint density at radius 1 is 1.19 bits per heavy atom. The Morgan fingerprint density at radius 2 is 1.94 bits per heavy atom. The van der Waals surface area contributed by atoms with Gasteiger partial charge in [0.25, 0.3) is 0 Å². The predicted molar refractivity (Wildman–Crippen MR) is 131 cm³/mol. The molecule has 10 heteroatoms. The summed E-state index contributed by atoms with van der Waals surface area (Å²) >= 11 is 0. The normalized spacial score (nSPS) is 18.8. The molecule has 1 aromatic rings. The number of nitrogens with one attached hydrogen (secondary N) is 3. The molecule has 1 aromatic carbocycles. The smallest absolute Gasteiger partial charge is 0.328 e. The zero-order valence-electron chi connectivity index (χ0n) is 21.1. The van der Waals surface area contributed by atoms with Gasteiger partial charge in [0.15, 0.2) is 0 Å². The number of carbonyl (C=O) groups excluding carboxylic acids is 4. The number of methoxy groups -OCH3 is 2. The third-order valence-corrected chi connectivity index (χ3v) is 6.40. The molecule has 1 fully saturated rings. The number of benzene rings is 1. The van der Waals surface area contributed by atoms with Crippen molar-refractivity contribution in [3.8, 4) is 5.75 Å². The number of ether oxygens (including phenoxy) is 2. The van der Waals surface area contributed by atoms with Crippen LogP contribution in [0, 0.1) is 5.92 Å². The standard InChI is InChI=1S/C26H34FN3O6/c1-26(2,27)14-20(30-23(32)17-11-15-7-5-9-21(35-3)18(15)12-17)24(33)29-19(25(34)36-4)13-16-8-6-10-28-22(16)31/h5,7,9,12,16,19-20H,6,8,10-11,13-14H2,1-4H3,(H,28,31)(H,29,33)(H,30,32)/t16-,19-,20-/m0/s1. The van der Waals surface area contributed by atoms with Gasteiger partial charge in [0, 0.05) is 36.4 Å². The van der Waals surface area contributed by atoms with E-state index in [9.17, 15) is 23.6 Å². The van der Waals surface area contributed by atoms with Crippen LogP contribution in [-0.4, -0.2) is 62.2 Å². The first-order chi connectivity index (χ1) is 17.0. The van der Waals surface area contributed by atoms with Gasteiger partial charge in [-0.25, -0.2) is 9.18 Å². The molecule has 1 heterocycles. The lowest BCUT2D eigenvalue weighted by molar-refractivity contribution is -0.146. The van der Waals surface area contributed by atoms with Crippen LogP contribution in [0.25, 0.3) is 6.08 Å². The van der Waals surface area contributed by atoms with E-state index in [1.165, 1.54) is 21.0 Å². The number of alkyl halides is 1. The Labute approximate surface area is 210 Å². The lowest BCUT2D eigenvalue weighted by Crippen LogP contribution is -2.54. The third-order valence-electron chi connectivity index (χ3n) is 6.40. The minimum absolute atomic E-state index is 0.0458. The molecule has 0 aromatic heterocycles. The Hall–Kier alpha value is -3.43. The number of fused-ring (bicyclic) bond motifs is 1. The van der Waals surface area contributed by atoms with E-state index < -0.39 is 41.5 Å². The molecule has 9 nitrogen and oxygen atoms in total. The van der Waals surface area contributed by atoms with Crippen molar-refractivity contribution in [3.63, 3.8) is 0 Å². The van der Waals surface area contributed by atoms with E-state index in [4.69, 9.17) is 9.47 Å². The topological polar surface area (TPSA) is 123 Å². The number of piperidine rings is 1. The fraction of sp³-hybridized carbons (Fsp3) is 0.538. The molecular formula is C26H34FN3O6. The Bertz CT molecular complexity index is 1050. The van der Waals surface area contributed by atoms with Gasteiger partial charge in [-0.2, -0.15) is 0 Å². The number of amides is 3. The molecule has 36 heavy (non-hydrogen) atoms. The van der Waals surface area contributed by atoms with Crippen molar-refractivity contribution in [2.75, 3.05) is 20.8 Å². The van der Waals surface area contributed by atoms with E-state index >= 15 is 0 Å². The quantitative estimate of drug-likeness (QED) is 0.419. The van der Waals surface area contributed by atoms with E-state index in [2.05, 4.69) is 16.0 Å². The van der Waals surface area contributed by atoms with Crippen LogP contribution in [0.4, 0.5) is 4.39 Å². The van der Waals surface area contributed by atoms with Crippen LogP contribution in [0.1, 0.15) is 50.7 Å². The summed E-state index contributed by atoms with van der Waals surface area (Å²) in [4.78, 5) is 50.9. The number of esters is 1. The average molecular weight is 504 g/mol. The van der Waals surface area contributed by atoms with Crippen molar-refractivity contribution in [1.82, 2.24) is 16.0 Å². The highest BCUT2D eigenvalue weighted by atomic mass is 19.1. The third kappa shape index (κ3) is 6.83. The highest BCUT2D eigenvalue weighted by Gasteiger charge is 2.35. The second-order valence-corrected chi connectivity index (χ2v) is 9.78. The first-order valence-corrected chi connectivity index (χ1v) is 12.0. The van der Waals surface area contributed by atoms with E-state index in [0.29, 0.717) is 30.7 Å². The molecule has 0 unspecified atom stereocenters. The summed E-state index contributed by atoms with van der Waals surface area (Å²) in [7, 11) is 2.73. The van der Waals surface area contributed by atoms with E-state index in [-0.39, 0.29) is 18.7 Å². The van der Waals surface area contributed by atoms with Crippen molar-refractivity contribution >= 4 is 29.8 Å². The number of halogens is 1. The fourth-order valence-corrected chi connectivity index (χ4v) is 4.58. The molecule has 1 aliphatic carbocycles. The van der Waals surface area contributed by atoms with Crippen molar-refractivity contribution < 1.29 is 33.0 Å². The lowest BCUT2D eigenvalue weighted by Gasteiger charge is -2.28. The monoisotopic (exact) mass is 503 g/mol. The molecule has 3 atom stereocenters. The molecule has 0 radical (unpaired) electrons. The molecule has 3 rings (SSSR count). The Balaban J connectivity index is 1.75. The van der Waals surface area contributed by atoms with Crippen molar-refractivity contribution in [1.29, 1.82) is 0 Å². The molecule has 1 aliphatic heterocycles. The second kappa shape index (κ2) is 11.5. The minimum atomic E-state index is -1.78. The highest BCUT2D eigenvalue weighted by Crippen LogP contribution is 2.32. The van der Waals surface area contributed by atoms with Crippen LogP contribution in [0.2, 0.25) is 0 Å². The summed E-state index contributed by atoms with van der Waals surface area (Å²) in [6.45, 7) is 3.17. The summed E-state index contributed by atoms with van der Waals surface area (Å²) in [5, 5.41) is 7.96. The molecule has 0 saturated carbocycles. The van der Waals surface area contributed by atoms with Gasteiger partial charge in [0.05, 0.1) is 14.2 Å². The van der Waals surface area contributed by atoms with Crippen LogP contribution in [-0.2, 0) is 30.3 Å². The van der Waals surface area contributed by atoms with Gasteiger partial charge in [0.1, 0.15) is 23.5 Å². The van der Waals surface area contributed by atoms with Crippen LogP contribution < -0.4 is 20.7 Å². The maximum Gasteiger partial charge on any atom is 0.328 e. The fourth-order valence-electron chi connectivity index (χ4n) is 4.58. The summed E-state index contributed by atoms with van der Waals surface area (Å²) in [5.74, 6) is -1.99. The van der Waals surface area contributed by atoms with E-state index in [0.717, 1.165) is 17.5 Å². The molecule has 196 valence electrons.